The average molecular weight is 185 g/mol. The number of nitrogens with zero attached hydrogens (tertiary/aromatic N) is 1. The quantitative estimate of drug-likeness (QED) is 0.590. The zero-order valence-corrected chi connectivity index (χ0v) is 8.80. The van der Waals surface area contributed by atoms with Crippen molar-refractivity contribution in [2.24, 2.45) is 0 Å². The maximum absolute atomic E-state index is 11.4. The van der Waals surface area contributed by atoms with Gasteiger partial charge in [0.15, 0.2) is 0 Å². The van der Waals surface area contributed by atoms with Gasteiger partial charge in [0, 0.05) is 19.5 Å². The van der Waals surface area contributed by atoms with Gasteiger partial charge in [0.25, 0.3) is 5.91 Å². The lowest BCUT2D eigenvalue weighted by Gasteiger charge is -2.17. The standard InChI is InChI=1S/C10H19NO2/c1-4-7-8-9(12)10(13)11(5-2)6-3/h4-8H2,1-3H3. The van der Waals surface area contributed by atoms with Gasteiger partial charge >= 0.3 is 0 Å². The zero-order chi connectivity index (χ0) is 10.3. The third kappa shape index (κ3) is 4.06. The first-order valence-electron chi connectivity index (χ1n) is 4.99. The second-order valence-corrected chi connectivity index (χ2v) is 3.00. The van der Waals surface area contributed by atoms with Gasteiger partial charge in [-0.2, -0.15) is 0 Å². The highest BCUT2D eigenvalue weighted by Crippen LogP contribution is 1.99. The Morgan fingerprint density at radius 3 is 2.00 bits per heavy atom. The smallest absolute Gasteiger partial charge is 0.289 e. The Balaban J connectivity index is 4.00. The van der Waals surface area contributed by atoms with Crippen molar-refractivity contribution in [3.05, 3.63) is 0 Å². The van der Waals surface area contributed by atoms with E-state index in [0.29, 0.717) is 19.5 Å². The molecule has 0 spiro atoms. The number of likely N-dealkylation sites (N-methyl/N-ethyl adjacent to an activating group) is 1. The van der Waals surface area contributed by atoms with Crippen LogP contribution < -0.4 is 0 Å². The van der Waals surface area contributed by atoms with Crippen LogP contribution >= 0.6 is 0 Å². The van der Waals surface area contributed by atoms with E-state index in [1.807, 2.05) is 20.8 Å². The Labute approximate surface area is 80.1 Å². The molecule has 13 heavy (non-hydrogen) atoms. The molecule has 0 N–H and O–H groups in total. The molecule has 0 radical (unpaired) electrons. The van der Waals surface area contributed by atoms with Crippen LogP contribution in [-0.4, -0.2) is 29.7 Å². The van der Waals surface area contributed by atoms with Gasteiger partial charge in [0.2, 0.25) is 5.78 Å². The predicted molar refractivity (Wildman–Crippen MR) is 52.5 cm³/mol. The first-order valence-corrected chi connectivity index (χ1v) is 4.99. The van der Waals surface area contributed by atoms with E-state index in [9.17, 15) is 9.59 Å². The van der Waals surface area contributed by atoms with Crippen LogP contribution in [0.1, 0.15) is 40.0 Å². The van der Waals surface area contributed by atoms with Crippen molar-refractivity contribution in [1.29, 1.82) is 0 Å². The van der Waals surface area contributed by atoms with E-state index in [1.165, 1.54) is 0 Å². The average Bonchev–Trinajstić information content (AvgIpc) is 2.15. The summed E-state index contributed by atoms with van der Waals surface area (Å²) in [4.78, 5) is 24.2. The van der Waals surface area contributed by atoms with Crippen molar-refractivity contribution >= 4 is 11.7 Å². The van der Waals surface area contributed by atoms with Gasteiger partial charge in [-0.1, -0.05) is 13.3 Å². The van der Waals surface area contributed by atoms with Crippen molar-refractivity contribution in [2.75, 3.05) is 13.1 Å². The normalized spacial score (nSPS) is 9.77. The van der Waals surface area contributed by atoms with Crippen molar-refractivity contribution < 1.29 is 9.59 Å². The number of rotatable bonds is 6. The number of hydrogen-bond donors (Lipinski definition) is 0. The summed E-state index contributed by atoms with van der Waals surface area (Å²) in [5.74, 6) is -0.566. The number of carbonyl (C=O) groups excluding carboxylic acids is 2. The molecule has 0 aliphatic carbocycles. The van der Waals surface area contributed by atoms with Crippen LogP contribution in [0.4, 0.5) is 0 Å². The minimum absolute atomic E-state index is 0.245. The van der Waals surface area contributed by atoms with Gasteiger partial charge in [0.05, 0.1) is 0 Å². The van der Waals surface area contributed by atoms with E-state index < -0.39 is 0 Å². The Hall–Kier alpha value is -0.860. The molecule has 3 nitrogen and oxygen atoms in total. The molecule has 0 aromatic rings. The Bertz CT molecular complexity index is 174. The summed E-state index contributed by atoms with van der Waals surface area (Å²) in [5.41, 5.74) is 0. The fourth-order valence-electron chi connectivity index (χ4n) is 1.13. The van der Waals surface area contributed by atoms with E-state index in [2.05, 4.69) is 0 Å². The predicted octanol–water partition coefficient (Wildman–Crippen LogP) is 1.61. The summed E-state index contributed by atoms with van der Waals surface area (Å²) in [6, 6.07) is 0. The number of ketones is 1. The molecule has 0 aromatic carbocycles. The maximum Gasteiger partial charge on any atom is 0.289 e. The molecule has 0 bridgehead atoms. The van der Waals surface area contributed by atoms with E-state index in [4.69, 9.17) is 0 Å². The van der Waals surface area contributed by atoms with Crippen molar-refractivity contribution in [1.82, 2.24) is 4.90 Å². The van der Waals surface area contributed by atoms with Gasteiger partial charge in [-0.05, 0) is 20.3 Å². The Morgan fingerprint density at radius 1 is 1.08 bits per heavy atom. The fourth-order valence-corrected chi connectivity index (χ4v) is 1.13. The molecule has 0 saturated carbocycles. The first kappa shape index (κ1) is 12.1. The molecule has 0 atom stereocenters. The third-order valence-electron chi connectivity index (χ3n) is 2.05. The molecule has 0 unspecified atom stereocenters. The molecular weight excluding hydrogens is 166 g/mol. The number of amides is 1. The minimum atomic E-state index is -0.321. The van der Waals surface area contributed by atoms with Gasteiger partial charge < -0.3 is 4.90 Å². The molecule has 0 aliphatic rings. The molecule has 0 rings (SSSR count). The van der Waals surface area contributed by atoms with Crippen LogP contribution in [0, 0.1) is 0 Å². The number of unbranched alkanes of at least 4 members (excludes halogenated alkanes) is 1. The van der Waals surface area contributed by atoms with Gasteiger partial charge in [-0.15, -0.1) is 0 Å². The minimum Gasteiger partial charge on any atom is -0.337 e. The highest BCUT2D eigenvalue weighted by Gasteiger charge is 2.17. The summed E-state index contributed by atoms with van der Waals surface area (Å²) in [7, 11) is 0. The topological polar surface area (TPSA) is 37.4 Å². The SMILES string of the molecule is CCCCC(=O)C(=O)N(CC)CC. The molecule has 3 heteroatoms. The first-order chi connectivity index (χ1) is 6.17. The van der Waals surface area contributed by atoms with Gasteiger partial charge in [0.1, 0.15) is 0 Å². The number of Topliss-reactive ketones (excluding diaryl/α,β-unsaturated/α-hetero) is 1. The summed E-state index contributed by atoms with van der Waals surface area (Å²) in [6.07, 6.45) is 2.16. The van der Waals surface area contributed by atoms with Crippen LogP contribution in [0.25, 0.3) is 0 Å². The molecule has 0 aliphatic heterocycles. The molecule has 0 fully saturated rings. The molecule has 0 saturated heterocycles. The summed E-state index contributed by atoms with van der Waals surface area (Å²) >= 11 is 0. The molecule has 76 valence electrons. The van der Waals surface area contributed by atoms with Crippen LogP contribution in [0.2, 0.25) is 0 Å². The Morgan fingerprint density at radius 2 is 1.62 bits per heavy atom. The van der Waals surface area contributed by atoms with Crippen molar-refractivity contribution in [3.63, 3.8) is 0 Å². The fraction of sp³-hybridized carbons (Fsp3) is 0.800. The van der Waals surface area contributed by atoms with Crippen LogP contribution in [0.3, 0.4) is 0 Å². The summed E-state index contributed by atoms with van der Waals surface area (Å²) in [6.45, 7) is 7.01. The van der Waals surface area contributed by atoms with Gasteiger partial charge in [-0.25, -0.2) is 0 Å². The van der Waals surface area contributed by atoms with Crippen LogP contribution in [0.15, 0.2) is 0 Å². The lowest BCUT2D eigenvalue weighted by molar-refractivity contribution is -0.144. The zero-order valence-electron chi connectivity index (χ0n) is 8.80. The second kappa shape index (κ2) is 6.63. The van der Waals surface area contributed by atoms with Crippen LogP contribution in [-0.2, 0) is 9.59 Å². The summed E-state index contributed by atoms with van der Waals surface area (Å²) < 4.78 is 0. The summed E-state index contributed by atoms with van der Waals surface area (Å²) in [5, 5.41) is 0. The molecular formula is C10H19NO2. The lowest BCUT2D eigenvalue weighted by Crippen LogP contribution is -2.36. The molecule has 0 heterocycles. The van der Waals surface area contributed by atoms with E-state index >= 15 is 0 Å². The third-order valence-corrected chi connectivity index (χ3v) is 2.05. The van der Waals surface area contributed by atoms with E-state index in [0.717, 1.165) is 12.8 Å². The number of hydrogen-bond acceptors (Lipinski definition) is 2. The van der Waals surface area contributed by atoms with E-state index in [-0.39, 0.29) is 11.7 Å². The maximum atomic E-state index is 11.4. The highest BCUT2D eigenvalue weighted by atomic mass is 16.2. The van der Waals surface area contributed by atoms with Crippen molar-refractivity contribution in [2.45, 2.75) is 40.0 Å². The van der Waals surface area contributed by atoms with Gasteiger partial charge in [-0.3, -0.25) is 9.59 Å². The molecule has 0 aromatic heterocycles. The lowest BCUT2D eigenvalue weighted by atomic mass is 10.1. The highest BCUT2D eigenvalue weighted by molar-refractivity contribution is 6.36. The second-order valence-electron chi connectivity index (χ2n) is 3.00. The number of carbonyl (C=O) groups is 2. The molecule has 1 amide bonds. The van der Waals surface area contributed by atoms with E-state index in [1.54, 1.807) is 4.90 Å². The van der Waals surface area contributed by atoms with Crippen molar-refractivity contribution in [3.8, 4) is 0 Å². The monoisotopic (exact) mass is 185 g/mol. The van der Waals surface area contributed by atoms with Crippen LogP contribution in [0.5, 0.6) is 0 Å². The largest absolute Gasteiger partial charge is 0.337 e. The Kier molecular flexibility index (Phi) is 6.20.